The summed E-state index contributed by atoms with van der Waals surface area (Å²) in [5, 5.41) is 6.53. The van der Waals surface area contributed by atoms with E-state index in [1.807, 2.05) is 36.4 Å². The molecule has 0 aromatic heterocycles. The van der Waals surface area contributed by atoms with Crippen molar-refractivity contribution >= 4 is 45.7 Å². The Balaban J connectivity index is 1.32. The summed E-state index contributed by atoms with van der Waals surface area (Å²) in [5.41, 5.74) is 0.530. The Morgan fingerprint density at radius 3 is 2.05 bits per heavy atom. The van der Waals surface area contributed by atoms with Crippen molar-refractivity contribution in [2.75, 3.05) is 10.6 Å². The van der Waals surface area contributed by atoms with Gasteiger partial charge >= 0.3 is 6.18 Å². The van der Waals surface area contributed by atoms with Crippen LogP contribution in [-0.4, -0.2) is 11.8 Å². The number of benzene rings is 5. The molecular weight excluding hydrogens is 533 g/mol. The largest absolute Gasteiger partial charge is 0.418 e. The van der Waals surface area contributed by atoms with E-state index in [1.54, 1.807) is 60.7 Å². The molecule has 5 aromatic rings. The molecule has 2 N–H and O–H groups in total. The van der Waals surface area contributed by atoms with E-state index < -0.39 is 22.9 Å². The number of para-hydroxylation sites is 1. The lowest BCUT2D eigenvalue weighted by atomic mass is 10.1. The van der Waals surface area contributed by atoms with Crippen LogP contribution in [0.4, 0.5) is 24.5 Å². The van der Waals surface area contributed by atoms with Crippen LogP contribution in [0.15, 0.2) is 126 Å². The third kappa shape index (κ3) is 6.35. The minimum atomic E-state index is -4.60. The van der Waals surface area contributed by atoms with Gasteiger partial charge in [-0.1, -0.05) is 72.8 Å². The van der Waals surface area contributed by atoms with E-state index in [9.17, 15) is 22.8 Å². The summed E-state index contributed by atoms with van der Waals surface area (Å²) in [6.45, 7) is 0. The van der Waals surface area contributed by atoms with Gasteiger partial charge in [-0.3, -0.25) is 9.59 Å². The van der Waals surface area contributed by atoms with Crippen LogP contribution in [0.25, 0.3) is 10.8 Å². The summed E-state index contributed by atoms with van der Waals surface area (Å²) >= 11 is 1.20. The lowest BCUT2D eigenvalue weighted by Crippen LogP contribution is -2.21. The summed E-state index contributed by atoms with van der Waals surface area (Å²) in [6, 6.07) is 34.0. The van der Waals surface area contributed by atoms with Crippen molar-refractivity contribution in [3.05, 3.63) is 138 Å². The Hall–Kier alpha value is -4.56. The van der Waals surface area contributed by atoms with E-state index in [4.69, 9.17) is 0 Å². The lowest BCUT2D eigenvalue weighted by Gasteiger charge is -2.19. The van der Waals surface area contributed by atoms with Crippen molar-refractivity contribution in [2.24, 2.45) is 0 Å². The van der Waals surface area contributed by atoms with Crippen LogP contribution in [0.1, 0.15) is 26.7 Å². The number of fused-ring (bicyclic) bond motifs is 1. The van der Waals surface area contributed by atoms with Gasteiger partial charge in [-0.15, -0.1) is 11.8 Å². The van der Waals surface area contributed by atoms with Gasteiger partial charge in [0.2, 0.25) is 5.91 Å². The third-order valence-electron chi connectivity index (χ3n) is 6.21. The maximum absolute atomic E-state index is 13.5. The number of alkyl halides is 3. The van der Waals surface area contributed by atoms with Crippen LogP contribution in [0.2, 0.25) is 0 Å². The first kappa shape index (κ1) is 27.0. The molecule has 1 atom stereocenters. The van der Waals surface area contributed by atoms with Crippen LogP contribution >= 0.6 is 11.8 Å². The summed E-state index contributed by atoms with van der Waals surface area (Å²) in [7, 11) is 0. The smallest absolute Gasteiger partial charge is 0.324 e. The summed E-state index contributed by atoms with van der Waals surface area (Å²) in [5.74, 6) is -0.836. The topological polar surface area (TPSA) is 58.2 Å². The van der Waals surface area contributed by atoms with Crippen LogP contribution in [-0.2, 0) is 11.0 Å². The van der Waals surface area contributed by atoms with Crippen LogP contribution in [0.5, 0.6) is 0 Å². The molecule has 200 valence electrons. The average molecular weight is 557 g/mol. The maximum atomic E-state index is 13.5. The van der Waals surface area contributed by atoms with Gasteiger partial charge < -0.3 is 10.6 Å². The average Bonchev–Trinajstić information content (AvgIpc) is 2.96. The van der Waals surface area contributed by atoms with Crippen molar-refractivity contribution in [1.29, 1.82) is 0 Å². The van der Waals surface area contributed by atoms with Crippen LogP contribution < -0.4 is 10.6 Å². The van der Waals surface area contributed by atoms with E-state index in [2.05, 4.69) is 10.6 Å². The molecule has 8 heteroatoms. The minimum Gasteiger partial charge on any atom is -0.324 e. The van der Waals surface area contributed by atoms with Gasteiger partial charge in [0.05, 0.1) is 11.3 Å². The SMILES string of the molecule is O=C(Nc1ccc(SC(C(=O)Nc2ccccc2C(F)(F)F)c2ccccc2)cc1)c1ccc2ccccc2c1. The van der Waals surface area contributed by atoms with Gasteiger partial charge in [0.25, 0.3) is 5.91 Å². The molecule has 0 radical (unpaired) electrons. The highest BCUT2D eigenvalue weighted by Gasteiger charge is 2.34. The molecule has 0 spiro atoms. The number of halogens is 3. The quantitative estimate of drug-likeness (QED) is 0.197. The van der Waals surface area contributed by atoms with Crippen molar-refractivity contribution < 1.29 is 22.8 Å². The van der Waals surface area contributed by atoms with Crippen molar-refractivity contribution in [2.45, 2.75) is 16.3 Å². The van der Waals surface area contributed by atoms with Crippen molar-refractivity contribution in [1.82, 2.24) is 0 Å². The van der Waals surface area contributed by atoms with E-state index in [0.717, 1.165) is 16.8 Å². The predicted octanol–water partition coefficient (Wildman–Crippen LogP) is 8.58. The molecule has 0 aliphatic carbocycles. The molecule has 2 amide bonds. The first-order chi connectivity index (χ1) is 19.3. The molecule has 5 rings (SSSR count). The maximum Gasteiger partial charge on any atom is 0.418 e. The second kappa shape index (κ2) is 11.7. The number of hydrogen-bond donors (Lipinski definition) is 2. The monoisotopic (exact) mass is 556 g/mol. The normalized spacial score (nSPS) is 12.1. The third-order valence-corrected chi connectivity index (χ3v) is 7.47. The zero-order valence-corrected chi connectivity index (χ0v) is 21.8. The number of thioether (sulfide) groups is 1. The van der Waals surface area contributed by atoms with Crippen molar-refractivity contribution in [3.8, 4) is 0 Å². The Bertz CT molecular complexity index is 1660. The Morgan fingerprint density at radius 2 is 1.32 bits per heavy atom. The van der Waals surface area contributed by atoms with Gasteiger partial charge in [-0.25, -0.2) is 0 Å². The first-order valence-electron chi connectivity index (χ1n) is 12.4. The summed E-state index contributed by atoms with van der Waals surface area (Å²) in [6.07, 6.45) is -4.60. The molecular formula is C32H23F3N2O2S. The zero-order valence-electron chi connectivity index (χ0n) is 21.0. The molecule has 0 bridgehead atoms. The minimum absolute atomic E-state index is 0.254. The number of anilines is 2. The molecule has 40 heavy (non-hydrogen) atoms. The molecule has 0 saturated carbocycles. The fraction of sp³-hybridized carbons (Fsp3) is 0.0625. The molecule has 1 unspecified atom stereocenters. The zero-order chi connectivity index (χ0) is 28.1. The number of amides is 2. The highest BCUT2D eigenvalue weighted by molar-refractivity contribution is 8.00. The highest BCUT2D eigenvalue weighted by Crippen LogP contribution is 2.39. The van der Waals surface area contributed by atoms with E-state index in [1.165, 1.54) is 30.0 Å². The van der Waals surface area contributed by atoms with Gasteiger partial charge in [0.1, 0.15) is 5.25 Å². The number of nitrogens with one attached hydrogen (secondary N) is 2. The lowest BCUT2D eigenvalue weighted by molar-refractivity contribution is -0.137. The molecule has 0 saturated heterocycles. The second-order valence-electron chi connectivity index (χ2n) is 8.98. The van der Waals surface area contributed by atoms with Gasteiger partial charge in [-0.05, 0) is 64.9 Å². The van der Waals surface area contributed by atoms with E-state index >= 15 is 0 Å². The van der Waals surface area contributed by atoms with Crippen LogP contribution in [0, 0.1) is 0 Å². The summed E-state index contributed by atoms with van der Waals surface area (Å²) < 4.78 is 40.5. The predicted molar refractivity (Wildman–Crippen MR) is 153 cm³/mol. The first-order valence-corrected chi connectivity index (χ1v) is 13.2. The fourth-order valence-electron chi connectivity index (χ4n) is 4.23. The Morgan fingerprint density at radius 1 is 0.675 bits per heavy atom. The number of rotatable bonds is 7. The van der Waals surface area contributed by atoms with Crippen LogP contribution in [0.3, 0.4) is 0 Å². The van der Waals surface area contributed by atoms with E-state index in [-0.39, 0.29) is 11.6 Å². The summed E-state index contributed by atoms with van der Waals surface area (Å²) in [4.78, 5) is 26.8. The van der Waals surface area contributed by atoms with E-state index in [0.29, 0.717) is 21.7 Å². The van der Waals surface area contributed by atoms with Gasteiger partial charge in [0.15, 0.2) is 0 Å². The molecule has 0 aliphatic heterocycles. The molecule has 0 heterocycles. The number of carbonyl (C=O) groups is 2. The van der Waals surface area contributed by atoms with Crippen molar-refractivity contribution in [3.63, 3.8) is 0 Å². The molecule has 0 aliphatic rings. The molecule has 5 aromatic carbocycles. The standard InChI is InChI=1S/C32H23F3N2O2S/c33-32(34,35)27-12-6-7-13-28(27)37-31(39)29(22-9-2-1-3-10-22)40-26-18-16-25(17-19-26)36-30(38)24-15-14-21-8-4-5-11-23(21)20-24/h1-20,29H,(H,36,38)(H,37,39). The molecule has 0 fully saturated rings. The second-order valence-corrected chi connectivity index (χ2v) is 10.2. The number of carbonyl (C=O) groups excluding carboxylic acids is 2. The van der Waals surface area contributed by atoms with Gasteiger partial charge in [0, 0.05) is 16.1 Å². The molecule has 4 nitrogen and oxygen atoms in total. The highest BCUT2D eigenvalue weighted by atomic mass is 32.2. The Labute approximate surface area is 233 Å². The number of hydrogen-bond acceptors (Lipinski definition) is 3. The van der Waals surface area contributed by atoms with Gasteiger partial charge in [-0.2, -0.15) is 13.2 Å². The Kier molecular flexibility index (Phi) is 7.89. The fourth-order valence-corrected chi connectivity index (χ4v) is 5.25.